The van der Waals surface area contributed by atoms with Crippen molar-refractivity contribution in [3.63, 3.8) is 0 Å². The van der Waals surface area contributed by atoms with E-state index in [-0.39, 0.29) is 18.6 Å². The largest absolute Gasteiger partial charge is 0.376 e. The highest BCUT2D eigenvalue weighted by Gasteiger charge is 2.13. The van der Waals surface area contributed by atoms with E-state index in [9.17, 15) is 9.90 Å². The molecule has 2 atom stereocenters. The van der Waals surface area contributed by atoms with Gasteiger partial charge in [-0.1, -0.05) is 6.92 Å². The quantitative estimate of drug-likeness (QED) is 0.204. The number of nitrogens with two attached hydrogens (primary N) is 1. The van der Waals surface area contributed by atoms with Crippen molar-refractivity contribution in [2.75, 3.05) is 39.9 Å². The second-order valence-electron chi connectivity index (χ2n) is 4.30. The molecule has 0 bridgehead atoms. The maximum atomic E-state index is 11.1. The Morgan fingerprint density at radius 1 is 1.37 bits per heavy atom. The number of aliphatic hydroxyl groups excluding tert-OH is 1. The summed E-state index contributed by atoms with van der Waals surface area (Å²) < 4.78 is 5.23. The average molecular weight is 276 g/mol. The van der Waals surface area contributed by atoms with Crippen LogP contribution in [0.25, 0.3) is 0 Å². The van der Waals surface area contributed by atoms with Crippen LogP contribution < -0.4 is 21.7 Å². The lowest BCUT2D eigenvalue weighted by Gasteiger charge is -2.16. The highest BCUT2D eigenvalue weighted by molar-refractivity contribution is 5.79. The summed E-state index contributed by atoms with van der Waals surface area (Å²) in [6.07, 6.45) is 0.737. The monoisotopic (exact) mass is 276 g/mol. The molecule has 0 aromatic rings. The number of nitrogens with one attached hydrogen (secondary N) is 3. The predicted molar refractivity (Wildman–Crippen MR) is 74.6 cm³/mol. The maximum absolute atomic E-state index is 11.1. The molecule has 0 aliphatic rings. The van der Waals surface area contributed by atoms with Gasteiger partial charge in [-0.2, -0.15) is 0 Å². The Labute approximate surface area is 115 Å². The zero-order chi connectivity index (χ0) is 14.5. The summed E-state index contributed by atoms with van der Waals surface area (Å²) in [4.78, 5) is 11.1. The van der Waals surface area contributed by atoms with Gasteiger partial charge in [-0.05, 0) is 33.0 Å². The SMILES string of the molecule is CCNC(CCCNC(O)COCCNC)C(N)=O. The first kappa shape index (κ1) is 18.3. The van der Waals surface area contributed by atoms with Gasteiger partial charge in [0.15, 0.2) is 0 Å². The molecule has 114 valence electrons. The van der Waals surface area contributed by atoms with E-state index in [0.717, 1.165) is 13.0 Å². The molecule has 7 heteroatoms. The first-order valence-electron chi connectivity index (χ1n) is 6.78. The van der Waals surface area contributed by atoms with E-state index >= 15 is 0 Å². The molecule has 0 aliphatic carbocycles. The van der Waals surface area contributed by atoms with E-state index in [2.05, 4.69) is 16.0 Å². The first-order chi connectivity index (χ1) is 9.11. The number of amides is 1. The standard InChI is InChI=1S/C12H28N4O3/c1-3-15-10(12(13)18)5-4-6-16-11(17)9-19-8-7-14-2/h10-11,14-17H,3-9H2,1-2H3,(H2,13,18). The Hall–Kier alpha value is -0.730. The zero-order valence-electron chi connectivity index (χ0n) is 11.9. The van der Waals surface area contributed by atoms with Crippen LogP contribution >= 0.6 is 0 Å². The highest BCUT2D eigenvalue weighted by atomic mass is 16.5. The molecule has 6 N–H and O–H groups in total. The molecule has 1 amide bonds. The van der Waals surface area contributed by atoms with E-state index in [0.29, 0.717) is 26.1 Å². The molecule has 0 aromatic carbocycles. The third kappa shape index (κ3) is 10.8. The molecule has 0 aromatic heterocycles. The van der Waals surface area contributed by atoms with Gasteiger partial charge in [0.05, 0.1) is 19.3 Å². The van der Waals surface area contributed by atoms with Crippen molar-refractivity contribution in [1.29, 1.82) is 0 Å². The number of primary amides is 1. The fraction of sp³-hybridized carbons (Fsp3) is 0.917. The van der Waals surface area contributed by atoms with E-state index < -0.39 is 6.23 Å². The van der Waals surface area contributed by atoms with Crippen molar-refractivity contribution in [3.8, 4) is 0 Å². The number of carbonyl (C=O) groups excluding carboxylic acids is 1. The number of hydrogen-bond donors (Lipinski definition) is 5. The summed E-state index contributed by atoms with van der Waals surface area (Å²) in [5.74, 6) is -0.335. The summed E-state index contributed by atoms with van der Waals surface area (Å²) in [7, 11) is 1.84. The number of likely N-dealkylation sites (N-methyl/N-ethyl adjacent to an activating group) is 2. The first-order valence-corrected chi connectivity index (χ1v) is 6.78. The van der Waals surface area contributed by atoms with Gasteiger partial charge >= 0.3 is 0 Å². The molecule has 0 rings (SSSR count). The van der Waals surface area contributed by atoms with Crippen LogP contribution in [0.2, 0.25) is 0 Å². The fourth-order valence-corrected chi connectivity index (χ4v) is 1.59. The molecule has 0 spiro atoms. The average Bonchev–Trinajstić information content (AvgIpc) is 2.38. The van der Waals surface area contributed by atoms with Crippen LogP contribution in [0, 0.1) is 0 Å². The number of aliphatic hydroxyl groups is 1. The van der Waals surface area contributed by atoms with E-state index in [1.54, 1.807) is 0 Å². The van der Waals surface area contributed by atoms with Gasteiger partial charge < -0.3 is 26.2 Å². The van der Waals surface area contributed by atoms with Crippen LogP contribution in [-0.2, 0) is 9.53 Å². The summed E-state index contributed by atoms with van der Waals surface area (Å²) in [5.41, 5.74) is 5.26. The van der Waals surface area contributed by atoms with Crippen LogP contribution in [-0.4, -0.2) is 63.2 Å². The van der Waals surface area contributed by atoms with Gasteiger partial charge in [0.25, 0.3) is 0 Å². The number of rotatable bonds is 13. The Morgan fingerprint density at radius 3 is 2.68 bits per heavy atom. The molecular formula is C12H28N4O3. The van der Waals surface area contributed by atoms with Crippen molar-refractivity contribution in [1.82, 2.24) is 16.0 Å². The van der Waals surface area contributed by atoms with Crippen molar-refractivity contribution in [2.45, 2.75) is 32.0 Å². The molecule has 0 saturated carbocycles. The molecular weight excluding hydrogens is 248 g/mol. The molecule has 0 fully saturated rings. The summed E-state index contributed by atoms with van der Waals surface area (Å²) in [5, 5.41) is 18.5. The van der Waals surface area contributed by atoms with Crippen LogP contribution in [0.1, 0.15) is 19.8 Å². The normalized spacial score (nSPS) is 14.3. The van der Waals surface area contributed by atoms with Gasteiger partial charge in [0.1, 0.15) is 6.23 Å². The van der Waals surface area contributed by atoms with Crippen LogP contribution in [0.15, 0.2) is 0 Å². The van der Waals surface area contributed by atoms with E-state index in [1.807, 2.05) is 14.0 Å². The van der Waals surface area contributed by atoms with Crippen molar-refractivity contribution in [2.24, 2.45) is 5.73 Å². The molecule has 0 aliphatic heterocycles. The lowest BCUT2D eigenvalue weighted by Crippen LogP contribution is -2.42. The van der Waals surface area contributed by atoms with Crippen molar-refractivity contribution >= 4 is 5.91 Å². The van der Waals surface area contributed by atoms with Gasteiger partial charge in [-0.15, -0.1) is 0 Å². The predicted octanol–water partition coefficient (Wildman–Crippen LogP) is -1.63. The van der Waals surface area contributed by atoms with E-state index in [4.69, 9.17) is 10.5 Å². The second kappa shape index (κ2) is 12.3. The zero-order valence-corrected chi connectivity index (χ0v) is 11.9. The number of ether oxygens (including phenoxy) is 1. The molecule has 0 saturated heterocycles. The van der Waals surface area contributed by atoms with Gasteiger partial charge in [-0.3, -0.25) is 10.1 Å². The minimum Gasteiger partial charge on any atom is -0.376 e. The highest BCUT2D eigenvalue weighted by Crippen LogP contribution is 1.96. The van der Waals surface area contributed by atoms with Crippen LogP contribution in [0.3, 0.4) is 0 Å². The van der Waals surface area contributed by atoms with Crippen molar-refractivity contribution in [3.05, 3.63) is 0 Å². The summed E-state index contributed by atoms with van der Waals surface area (Å²) >= 11 is 0. The minimum absolute atomic E-state index is 0.258. The summed E-state index contributed by atoms with van der Waals surface area (Å²) in [6, 6.07) is -0.296. The molecule has 19 heavy (non-hydrogen) atoms. The second-order valence-corrected chi connectivity index (χ2v) is 4.30. The number of hydrogen-bond acceptors (Lipinski definition) is 6. The Morgan fingerprint density at radius 2 is 2.11 bits per heavy atom. The van der Waals surface area contributed by atoms with Gasteiger partial charge in [0.2, 0.25) is 5.91 Å². The van der Waals surface area contributed by atoms with E-state index in [1.165, 1.54) is 0 Å². The lowest BCUT2D eigenvalue weighted by molar-refractivity contribution is -0.120. The maximum Gasteiger partial charge on any atom is 0.234 e. The Bertz CT molecular complexity index is 229. The third-order valence-electron chi connectivity index (χ3n) is 2.62. The molecule has 0 radical (unpaired) electrons. The van der Waals surface area contributed by atoms with Crippen LogP contribution in [0.4, 0.5) is 0 Å². The van der Waals surface area contributed by atoms with Crippen LogP contribution in [0.5, 0.6) is 0 Å². The van der Waals surface area contributed by atoms with Gasteiger partial charge in [-0.25, -0.2) is 0 Å². The smallest absolute Gasteiger partial charge is 0.234 e. The number of carbonyl (C=O) groups is 1. The Kier molecular flexibility index (Phi) is 11.8. The lowest BCUT2D eigenvalue weighted by atomic mass is 10.1. The van der Waals surface area contributed by atoms with Gasteiger partial charge in [0, 0.05) is 6.54 Å². The molecule has 2 unspecified atom stereocenters. The Balaban J connectivity index is 3.52. The van der Waals surface area contributed by atoms with Crippen molar-refractivity contribution < 1.29 is 14.6 Å². The topological polar surface area (TPSA) is 109 Å². The minimum atomic E-state index is -0.678. The fourth-order valence-electron chi connectivity index (χ4n) is 1.59. The molecule has 7 nitrogen and oxygen atoms in total. The summed E-state index contributed by atoms with van der Waals surface area (Å²) in [6.45, 7) is 4.85. The third-order valence-corrected chi connectivity index (χ3v) is 2.62. The molecule has 0 heterocycles.